The molecule has 0 radical (unpaired) electrons. The molecule has 1 saturated carbocycles. The van der Waals surface area contributed by atoms with Crippen molar-refractivity contribution >= 4 is 33.6 Å². The molecule has 29 heavy (non-hydrogen) atoms. The number of carbonyl (C=O) groups is 1. The maximum atomic E-state index is 12.7. The topological polar surface area (TPSA) is 70.8 Å². The predicted octanol–water partition coefficient (Wildman–Crippen LogP) is 3.60. The molecule has 2 aromatic rings. The average Bonchev–Trinajstić information content (AvgIpc) is 3.25. The van der Waals surface area contributed by atoms with Crippen LogP contribution in [-0.2, 0) is 14.8 Å². The number of sulfonamides is 1. The van der Waals surface area contributed by atoms with Gasteiger partial charge in [0.2, 0.25) is 15.9 Å². The Balaban J connectivity index is 1.34. The molecule has 6 nitrogen and oxygen atoms in total. The maximum absolute atomic E-state index is 12.7. The van der Waals surface area contributed by atoms with Crippen LogP contribution in [0.5, 0.6) is 0 Å². The first-order valence-electron chi connectivity index (χ1n) is 9.67. The molecule has 1 aliphatic heterocycles. The molecule has 1 aromatic heterocycles. The maximum Gasteiger partial charge on any atom is 0.246 e. The molecule has 0 spiro atoms. The molecule has 0 bridgehead atoms. The first-order valence-corrected chi connectivity index (χ1v) is 11.5. The lowest BCUT2D eigenvalue weighted by Gasteiger charge is -2.33. The van der Waals surface area contributed by atoms with Gasteiger partial charge < -0.3 is 9.32 Å². The van der Waals surface area contributed by atoms with Gasteiger partial charge in [0.15, 0.2) is 0 Å². The van der Waals surface area contributed by atoms with E-state index in [0.717, 1.165) is 12.2 Å². The standard InChI is InChI=1S/C21H23ClN2O4S/c1-15-13-19(15)20-7-5-17(28-20)6-8-21(25)23-9-11-24(12-10-23)29(26,27)18-4-2-3-16(22)14-18/h2-8,14-15,19H,9-13H2,1H3/b8-6+. The molecule has 2 unspecified atom stereocenters. The van der Waals surface area contributed by atoms with Crippen LogP contribution in [0.15, 0.2) is 51.8 Å². The van der Waals surface area contributed by atoms with Gasteiger partial charge in [-0.1, -0.05) is 24.6 Å². The molecular weight excluding hydrogens is 412 g/mol. The van der Waals surface area contributed by atoms with Crippen molar-refractivity contribution in [3.8, 4) is 0 Å². The zero-order valence-corrected chi connectivity index (χ0v) is 17.7. The molecule has 1 aromatic carbocycles. The van der Waals surface area contributed by atoms with E-state index in [0.29, 0.717) is 35.7 Å². The average molecular weight is 435 g/mol. The highest BCUT2D eigenvalue weighted by Crippen LogP contribution is 2.47. The van der Waals surface area contributed by atoms with E-state index in [2.05, 4.69) is 6.92 Å². The summed E-state index contributed by atoms with van der Waals surface area (Å²) in [5.74, 6) is 2.66. The third-order valence-electron chi connectivity index (χ3n) is 5.50. The molecule has 2 heterocycles. The molecule has 154 valence electrons. The van der Waals surface area contributed by atoms with Gasteiger partial charge in [-0.2, -0.15) is 4.31 Å². The zero-order valence-electron chi connectivity index (χ0n) is 16.1. The van der Waals surface area contributed by atoms with Gasteiger partial charge in [0.1, 0.15) is 11.5 Å². The second kappa shape index (κ2) is 7.97. The lowest BCUT2D eigenvalue weighted by atomic mass is 10.3. The lowest BCUT2D eigenvalue weighted by Crippen LogP contribution is -2.50. The number of nitrogens with zero attached hydrogens (tertiary/aromatic N) is 2. The van der Waals surface area contributed by atoms with Crippen molar-refractivity contribution in [2.45, 2.75) is 24.2 Å². The van der Waals surface area contributed by atoms with Crippen LogP contribution in [0.2, 0.25) is 5.02 Å². The van der Waals surface area contributed by atoms with Crippen molar-refractivity contribution in [3.63, 3.8) is 0 Å². The molecule has 1 aliphatic carbocycles. The Morgan fingerprint density at radius 2 is 1.90 bits per heavy atom. The van der Waals surface area contributed by atoms with Crippen LogP contribution < -0.4 is 0 Å². The molecular formula is C21H23ClN2O4S. The molecule has 8 heteroatoms. The fraction of sp³-hybridized carbons (Fsp3) is 0.381. The molecule has 1 saturated heterocycles. The quantitative estimate of drug-likeness (QED) is 0.674. The van der Waals surface area contributed by atoms with Crippen molar-refractivity contribution in [2.75, 3.05) is 26.2 Å². The van der Waals surface area contributed by atoms with Crippen LogP contribution in [-0.4, -0.2) is 49.7 Å². The number of benzene rings is 1. The van der Waals surface area contributed by atoms with Crippen LogP contribution in [0, 0.1) is 5.92 Å². The summed E-state index contributed by atoms with van der Waals surface area (Å²) in [4.78, 5) is 14.3. The van der Waals surface area contributed by atoms with Gasteiger partial charge in [-0.25, -0.2) is 8.42 Å². The van der Waals surface area contributed by atoms with Gasteiger partial charge in [0.05, 0.1) is 4.90 Å². The van der Waals surface area contributed by atoms with Crippen LogP contribution in [0.4, 0.5) is 0 Å². The summed E-state index contributed by atoms with van der Waals surface area (Å²) in [6.45, 7) is 3.37. The van der Waals surface area contributed by atoms with E-state index in [1.54, 1.807) is 23.1 Å². The fourth-order valence-electron chi connectivity index (χ4n) is 3.56. The highest BCUT2D eigenvalue weighted by molar-refractivity contribution is 7.89. The number of amides is 1. The Morgan fingerprint density at radius 3 is 2.55 bits per heavy atom. The normalized spacial score (nSPS) is 22.9. The lowest BCUT2D eigenvalue weighted by molar-refractivity contribution is -0.127. The first kappa shape index (κ1) is 20.2. The third kappa shape index (κ3) is 4.42. The Bertz CT molecular complexity index is 1040. The smallest absolute Gasteiger partial charge is 0.246 e. The molecule has 1 amide bonds. The summed E-state index contributed by atoms with van der Waals surface area (Å²) in [5.41, 5.74) is 0. The zero-order chi connectivity index (χ0) is 20.6. The number of rotatable bonds is 5. The number of carbonyl (C=O) groups excluding carboxylic acids is 1. The van der Waals surface area contributed by atoms with Gasteiger partial charge in [-0.05, 0) is 48.7 Å². The van der Waals surface area contributed by atoms with E-state index in [4.69, 9.17) is 16.0 Å². The van der Waals surface area contributed by atoms with Crippen LogP contribution in [0.3, 0.4) is 0 Å². The SMILES string of the molecule is CC1CC1c1ccc(/C=C/C(=O)N2CCN(S(=O)(=O)c3cccc(Cl)c3)CC2)o1. The Morgan fingerprint density at radius 1 is 1.17 bits per heavy atom. The fourth-order valence-corrected chi connectivity index (χ4v) is 5.28. The van der Waals surface area contributed by atoms with Gasteiger partial charge in [0.25, 0.3) is 0 Å². The summed E-state index contributed by atoms with van der Waals surface area (Å²) in [5, 5.41) is 0.377. The number of furan rings is 1. The molecule has 2 fully saturated rings. The van der Waals surface area contributed by atoms with Gasteiger partial charge in [-0.15, -0.1) is 0 Å². The molecule has 4 rings (SSSR count). The number of hydrogen-bond acceptors (Lipinski definition) is 4. The third-order valence-corrected chi connectivity index (χ3v) is 7.63. The van der Waals surface area contributed by atoms with E-state index in [9.17, 15) is 13.2 Å². The second-order valence-corrected chi connectivity index (χ2v) is 9.95. The monoisotopic (exact) mass is 434 g/mol. The van der Waals surface area contributed by atoms with Crippen LogP contribution >= 0.6 is 11.6 Å². The van der Waals surface area contributed by atoms with Crippen LogP contribution in [0.25, 0.3) is 6.08 Å². The van der Waals surface area contributed by atoms with Crippen molar-refractivity contribution in [1.82, 2.24) is 9.21 Å². The molecule has 2 aliphatic rings. The summed E-state index contributed by atoms with van der Waals surface area (Å²) in [6.07, 6.45) is 4.31. The highest BCUT2D eigenvalue weighted by atomic mass is 35.5. The minimum Gasteiger partial charge on any atom is -0.461 e. The second-order valence-electron chi connectivity index (χ2n) is 7.58. The van der Waals surface area contributed by atoms with Gasteiger partial charge in [-0.3, -0.25) is 4.79 Å². The predicted molar refractivity (Wildman–Crippen MR) is 111 cm³/mol. The Labute approximate surface area is 175 Å². The minimum atomic E-state index is -3.62. The first-order chi connectivity index (χ1) is 13.8. The number of halogens is 1. The molecule has 0 N–H and O–H groups in total. The number of piperazine rings is 1. The van der Waals surface area contributed by atoms with Crippen molar-refractivity contribution in [1.29, 1.82) is 0 Å². The summed E-state index contributed by atoms with van der Waals surface area (Å²) in [6, 6.07) is 10.1. The highest BCUT2D eigenvalue weighted by Gasteiger charge is 2.36. The van der Waals surface area contributed by atoms with E-state index in [1.165, 1.54) is 22.5 Å². The molecule has 2 atom stereocenters. The van der Waals surface area contributed by atoms with E-state index >= 15 is 0 Å². The summed E-state index contributed by atoms with van der Waals surface area (Å²) >= 11 is 5.92. The minimum absolute atomic E-state index is 0.150. The Hall–Kier alpha value is -2.09. The summed E-state index contributed by atoms with van der Waals surface area (Å²) < 4.78 is 32.7. The van der Waals surface area contributed by atoms with E-state index in [-0.39, 0.29) is 23.9 Å². The van der Waals surface area contributed by atoms with Crippen molar-refractivity contribution in [3.05, 3.63) is 59.0 Å². The van der Waals surface area contributed by atoms with Gasteiger partial charge >= 0.3 is 0 Å². The van der Waals surface area contributed by atoms with Crippen LogP contribution in [0.1, 0.15) is 30.8 Å². The largest absolute Gasteiger partial charge is 0.461 e. The van der Waals surface area contributed by atoms with Crippen molar-refractivity contribution < 1.29 is 17.6 Å². The van der Waals surface area contributed by atoms with Gasteiger partial charge in [0, 0.05) is 43.2 Å². The Kier molecular flexibility index (Phi) is 5.55. The number of hydrogen-bond donors (Lipinski definition) is 0. The summed E-state index contributed by atoms with van der Waals surface area (Å²) in [7, 11) is -3.62. The van der Waals surface area contributed by atoms with E-state index < -0.39 is 10.0 Å². The van der Waals surface area contributed by atoms with E-state index in [1.807, 2.05) is 12.1 Å². The van der Waals surface area contributed by atoms with Crippen molar-refractivity contribution in [2.24, 2.45) is 5.92 Å².